The highest BCUT2D eigenvalue weighted by molar-refractivity contribution is 9.10. The van der Waals surface area contributed by atoms with Crippen LogP contribution in [-0.2, 0) is 0 Å². The lowest BCUT2D eigenvalue weighted by Crippen LogP contribution is -2.18. The minimum absolute atomic E-state index is 0.0991. The van der Waals surface area contributed by atoms with Gasteiger partial charge in [-0.3, -0.25) is 10.6 Å². The fourth-order valence-corrected chi connectivity index (χ4v) is 2.21. The molecule has 104 valence electrons. The molecule has 0 spiro atoms. The summed E-state index contributed by atoms with van der Waals surface area (Å²) in [6.07, 6.45) is 0. The first-order valence-electron chi connectivity index (χ1n) is 5.85. The summed E-state index contributed by atoms with van der Waals surface area (Å²) in [5.74, 6) is 4.43. The molecule has 0 heterocycles. The second-order valence-corrected chi connectivity index (χ2v) is 5.10. The number of aryl methyl sites for hydroxylation is 1. The summed E-state index contributed by atoms with van der Waals surface area (Å²) < 4.78 is 14.2. The van der Waals surface area contributed by atoms with Gasteiger partial charge in [0.05, 0.1) is 16.9 Å². The molecule has 2 aromatic rings. The Morgan fingerprint density at radius 2 is 2.05 bits per heavy atom. The molecule has 0 aliphatic heterocycles. The molecule has 6 heteroatoms. The third-order valence-electron chi connectivity index (χ3n) is 2.78. The van der Waals surface area contributed by atoms with Gasteiger partial charge < -0.3 is 10.7 Å². The van der Waals surface area contributed by atoms with E-state index in [1.54, 1.807) is 24.3 Å². The molecule has 2 rings (SSSR count). The van der Waals surface area contributed by atoms with Gasteiger partial charge in [0.15, 0.2) is 0 Å². The van der Waals surface area contributed by atoms with Crippen LogP contribution in [0.3, 0.4) is 0 Å². The summed E-state index contributed by atoms with van der Waals surface area (Å²) in [5, 5.41) is 2.54. The van der Waals surface area contributed by atoms with Crippen molar-refractivity contribution < 1.29 is 9.18 Å². The Hall–Kier alpha value is -1.92. The van der Waals surface area contributed by atoms with E-state index in [1.165, 1.54) is 6.07 Å². The van der Waals surface area contributed by atoms with Crippen molar-refractivity contribution >= 4 is 33.2 Å². The van der Waals surface area contributed by atoms with Crippen molar-refractivity contribution in [2.45, 2.75) is 6.92 Å². The second kappa shape index (κ2) is 6.02. The van der Waals surface area contributed by atoms with Gasteiger partial charge in [0.1, 0.15) is 5.82 Å². The molecule has 20 heavy (non-hydrogen) atoms. The summed E-state index contributed by atoms with van der Waals surface area (Å²) >= 11 is 3.20. The molecule has 4 N–H and O–H groups in total. The van der Waals surface area contributed by atoms with Crippen LogP contribution >= 0.6 is 15.9 Å². The van der Waals surface area contributed by atoms with Crippen LogP contribution in [0.15, 0.2) is 40.9 Å². The number of para-hydroxylation sites is 1. The minimum Gasteiger partial charge on any atom is -0.323 e. The number of amides is 1. The van der Waals surface area contributed by atoms with Crippen LogP contribution in [0.25, 0.3) is 0 Å². The lowest BCUT2D eigenvalue weighted by Gasteiger charge is -2.12. The lowest BCUT2D eigenvalue weighted by molar-refractivity contribution is 0.102. The smallest absolute Gasteiger partial charge is 0.257 e. The van der Waals surface area contributed by atoms with Crippen LogP contribution in [0.4, 0.5) is 15.8 Å². The number of nitrogens with two attached hydrogens (primary N) is 1. The predicted octanol–water partition coefficient (Wildman–Crippen LogP) is 3.43. The van der Waals surface area contributed by atoms with E-state index in [0.29, 0.717) is 15.7 Å². The van der Waals surface area contributed by atoms with Crippen LogP contribution < -0.4 is 16.6 Å². The number of hydrogen-bond acceptors (Lipinski definition) is 3. The van der Waals surface area contributed by atoms with Crippen LogP contribution in [0.1, 0.15) is 15.9 Å². The van der Waals surface area contributed by atoms with Gasteiger partial charge in [0.2, 0.25) is 0 Å². The average Bonchev–Trinajstić information content (AvgIpc) is 2.43. The van der Waals surface area contributed by atoms with Crippen molar-refractivity contribution in [3.8, 4) is 0 Å². The van der Waals surface area contributed by atoms with E-state index in [9.17, 15) is 9.18 Å². The molecule has 0 unspecified atom stereocenters. The van der Waals surface area contributed by atoms with E-state index in [0.717, 1.165) is 5.56 Å². The zero-order valence-electron chi connectivity index (χ0n) is 10.7. The molecule has 0 radical (unpaired) electrons. The van der Waals surface area contributed by atoms with Gasteiger partial charge in [-0.1, -0.05) is 17.7 Å². The van der Waals surface area contributed by atoms with Crippen LogP contribution in [-0.4, -0.2) is 5.91 Å². The number of hydrogen-bond donors (Lipinski definition) is 3. The maximum Gasteiger partial charge on any atom is 0.257 e. The van der Waals surface area contributed by atoms with Crippen LogP contribution in [0.2, 0.25) is 0 Å². The molecule has 2 aromatic carbocycles. The second-order valence-electron chi connectivity index (χ2n) is 4.24. The van der Waals surface area contributed by atoms with Crippen molar-refractivity contribution in [1.29, 1.82) is 0 Å². The molecule has 0 aliphatic carbocycles. The highest BCUT2D eigenvalue weighted by Gasteiger charge is 2.15. The van der Waals surface area contributed by atoms with Gasteiger partial charge in [-0.15, -0.1) is 0 Å². The Morgan fingerprint density at radius 3 is 2.70 bits per heavy atom. The first-order valence-corrected chi connectivity index (χ1v) is 6.65. The van der Waals surface area contributed by atoms with E-state index in [1.807, 2.05) is 13.0 Å². The van der Waals surface area contributed by atoms with Crippen molar-refractivity contribution in [3.63, 3.8) is 0 Å². The summed E-state index contributed by atoms with van der Waals surface area (Å²) in [5.41, 5.74) is 4.28. The highest BCUT2D eigenvalue weighted by Crippen LogP contribution is 2.26. The van der Waals surface area contributed by atoms with Crippen molar-refractivity contribution in [2.24, 2.45) is 5.84 Å². The van der Waals surface area contributed by atoms with Gasteiger partial charge in [-0.05, 0) is 47.1 Å². The fourth-order valence-electron chi connectivity index (χ4n) is 1.77. The van der Waals surface area contributed by atoms with Gasteiger partial charge in [-0.25, -0.2) is 4.39 Å². The molecular weight excluding hydrogens is 325 g/mol. The van der Waals surface area contributed by atoms with Crippen molar-refractivity contribution in [1.82, 2.24) is 0 Å². The van der Waals surface area contributed by atoms with Gasteiger partial charge in [-0.2, -0.15) is 0 Å². The molecule has 4 nitrogen and oxygen atoms in total. The molecule has 0 fully saturated rings. The summed E-state index contributed by atoms with van der Waals surface area (Å²) in [4.78, 5) is 12.3. The third kappa shape index (κ3) is 2.97. The first-order chi connectivity index (χ1) is 9.52. The number of carbonyl (C=O) groups excluding carboxylic acids is 1. The average molecular weight is 338 g/mol. The largest absolute Gasteiger partial charge is 0.323 e. The molecule has 0 saturated heterocycles. The van der Waals surface area contributed by atoms with Crippen molar-refractivity contribution in [2.75, 3.05) is 10.7 Å². The predicted molar refractivity (Wildman–Crippen MR) is 81.0 cm³/mol. The number of rotatable bonds is 3. The number of halogens is 2. The topological polar surface area (TPSA) is 67.1 Å². The molecule has 1 amide bonds. The SMILES string of the molecule is Cc1ccc(NN)c(C(=O)Nc2c(F)cccc2Br)c1. The number of anilines is 2. The zero-order chi connectivity index (χ0) is 14.7. The first kappa shape index (κ1) is 14.5. The third-order valence-corrected chi connectivity index (χ3v) is 3.44. The Labute approximate surface area is 124 Å². The fraction of sp³-hybridized carbons (Fsp3) is 0.0714. The van der Waals surface area contributed by atoms with Gasteiger partial charge in [0.25, 0.3) is 5.91 Å². The van der Waals surface area contributed by atoms with E-state index in [-0.39, 0.29) is 5.69 Å². The lowest BCUT2D eigenvalue weighted by atomic mass is 10.1. The molecule has 0 bridgehead atoms. The maximum atomic E-state index is 13.7. The van der Waals surface area contributed by atoms with Crippen LogP contribution in [0, 0.1) is 12.7 Å². The van der Waals surface area contributed by atoms with E-state index >= 15 is 0 Å². The highest BCUT2D eigenvalue weighted by atomic mass is 79.9. The molecule has 0 saturated carbocycles. The monoisotopic (exact) mass is 337 g/mol. The molecule has 0 aromatic heterocycles. The minimum atomic E-state index is -0.511. The Balaban J connectivity index is 2.35. The Kier molecular flexibility index (Phi) is 4.36. The number of hydrazine groups is 1. The Bertz CT molecular complexity index is 641. The van der Waals surface area contributed by atoms with Gasteiger partial charge in [0, 0.05) is 4.47 Å². The van der Waals surface area contributed by atoms with E-state index in [2.05, 4.69) is 26.7 Å². The standard InChI is InChI=1S/C14H13BrFN3O/c1-8-5-6-12(19-17)9(7-8)14(20)18-13-10(15)3-2-4-11(13)16/h2-7,19H,17H2,1H3,(H,18,20). The van der Waals surface area contributed by atoms with E-state index in [4.69, 9.17) is 5.84 Å². The molecular formula is C14H13BrFN3O. The van der Waals surface area contributed by atoms with Crippen LogP contribution in [0.5, 0.6) is 0 Å². The normalized spacial score (nSPS) is 10.2. The molecule has 0 atom stereocenters. The number of nitrogens with one attached hydrogen (secondary N) is 2. The van der Waals surface area contributed by atoms with Crippen molar-refractivity contribution in [3.05, 3.63) is 57.8 Å². The molecule has 0 aliphatic rings. The number of nitrogen functional groups attached to an aromatic ring is 1. The summed E-state index contributed by atoms with van der Waals surface area (Å²) in [6, 6.07) is 9.68. The maximum absolute atomic E-state index is 13.7. The summed E-state index contributed by atoms with van der Waals surface area (Å²) in [7, 11) is 0. The van der Waals surface area contributed by atoms with Gasteiger partial charge >= 0.3 is 0 Å². The van der Waals surface area contributed by atoms with E-state index < -0.39 is 11.7 Å². The number of benzene rings is 2. The Morgan fingerprint density at radius 1 is 1.30 bits per heavy atom. The summed E-state index contributed by atoms with van der Waals surface area (Å²) in [6.45, 7) is 1.86. The quantitative estimate of drug-likeness (QED) is 0.593. The number of carbonyl (C=O) groups is 1. The zero-order valence-corrected chi connectivity index (χ0v) is 12.3.